The molecular weight excluding hydrogens is 210 g/mol. The highest BCUT2D eigenvalue weighted by atomic mass is 16.6. The van der Waals surface area contributed by atoms with Crippen molar-refractivity contribution < 1.29 is 9.72 Å². The Morgan fingerprint density at radius 3 is 2.50 bits per heavy atom. The van der Waals surface area contributed by atoms with Gasteiger partial charge in [-0.05, 0) is 19.1 Å². The molecule has 0 spiro atoms. The molecule has 0 fully saturated rings. The van der Waals surface area contributed by atoms with Gasteiger partial charge in [-0.3, -0.25) is 14.9 Å². The van der Waals surface area contributed by atoms with E-state index in [2.05, 4.69) is 5.32 Å². The van der Waals surface area contributed by atoms with Crippen molar-refractivity contribution >= 4 is 17.3 Å². The van der Waals surface area contributed by atoms with Crippen molar-refractivity contribution in [2.75, 3.05) is 5.32 Å². The Hall–Kier alpha value is -2.42. The van der Waals surface area contributed by atoms with Crippen LogP contribution in [0, 0.1) is 27.4 Å². The SMILES string of the molecule is CC(C#N)C(=O)Nc1ccc([N+](=O)[O-])cc1. The Kier molecular flexibility index (Phi) is 3.56. The van der Waals surface area contributed by atoms with E-state index in [0.717, 1.165) is 0 Å². The highest BCUT2D eigenvalue weighted by Crippen LogP contribution is 2.15. The molecule has 1 amide bonds. The first kappa shape index (κ1) is 11.7. The second-order valence-corrected chi connectivity index (χ2v) is 3.14. The van der Waals surface area contributed by atoms with E-state index in [-0.39, 0.29) is 5.69 Å². The standard InChI is InChI=1S/C10H9N3O3/c1-7(6-11)10(14)12-8-2-4-9(5-3-8)13(15)16/h2-5,7H,1H3,(H,12,14). The number of amides is 1. The minimum absolute atomic E-state index is 0.0497. The van der Waals surface area contributed by atoms with Crippen LogP contribution in [-0.2, 0) is 4.79 Å². The number of nitriles is 1. The number of benzene rings is 1. The van der Waals surface area contributed by atoms with Crippen molar-refractivity contribution in [2.45, 2.75) is 6.92 Å². The lowest BCUT2D eigenvalue weighted by molar-refractivity contribution is -0.384. The number of rotatable bonds is 3. The number of anilines is 1. The molecule has 0 saturated heterocycles. The normalized spacial score (nSPS) is 11.2. The van der Waals surface area contributed by atoms with Gasteiger partial charge < -0.3 is 5.32 Å². The Labute approximate surface area is 91.6 Å². The maximum Gasteiger partial charge on any atom is 0.269 e. The molecule has 1 aromatic carbocycles. The molecule has 0 heterocycles. The largest absolute Gasteiger partial charge is 0.325 e. The molecule has 0 saturated carbocycles. The molecule has 0 aliphatic heterocycles. The number of non-ortho nitro benzene ring substituents is 1. The van der Waals surface area contributed by atoms with Gasteiger partial charge in [0.15, 0.2) is 0 Å². The zero-order chi connectivity index (χ0) is 12.1. The third kappa shape index (κ3) is 2.78. The van der Waals surface area contributed by atoms with Gasteiger partial charge in [0, 0.05) is 17.8 Å². The molecule has 1 aromatic rings. The molecular formula is C10H9N3O3. The number of nitro benzene ring substituents is 1. The van der Waals surface area contributed by atoms with Crippen LogP contribution in [0.15, 0.2) is 24.3 Å². The van der Waals surface area contributed by atoms with Crippen LogP contribution in [0.25, 0.3) is 0 Å². The second-order valence-electron chi connectivity index (χ2n) is 3.14. The van der Waals surface area contributed by atoms with Gasteiger partial charge in [0.2, 0.25) is 5.91 Å². The number of nitrogens with zero attached hydrogens (tertiary/aromatic N) is 2. The molecule has 0 aliphatic rings. The van der Waals surface area contributed by atoms with E-state index in [1.165, 1.54) is 31.2 Å². The summed E-state index contributed by atoms with van der Waals surface area (Å²) in [6.45, 7) is 1.47. The number of carbonyl (C=O) groups is 1. The summed E-state index contributed by atoms with van der Waals surface area (Å²) in [7, 11) is 0. The van der Waals surface area contributed by atoms with Gasteiger partial charge in [-0.2, -0.15) is 5.26 Å². The molecule has 1 N–H and O–H groups in total. The average Bonchev–Trinajstić information content (AvgIpc) is 2.28. The zero-order valence-electron chi connectivity index (χ0n) is 8.51. The van der Waals surface area contributed by atoms with Gasteiger partial charge in [-0.15, -0.1) is 0 Å². The number of hydrogen-bond donors (Lipinski definition) is 1. The van der Waals surface area contributed by atoms with Crippen LogP contribution in [0.2, 0.25) is 0 Å². The van der Waals surface area contributed by atoms with Crippen molar-refractivity contribution in [1.82, 2.24) is 0 Å². The lowest BCUT2D eigenvalue weighted by Gasteiger charge is -2.05. The van der Waals surface area contributed by atoms with E-state index < -0.39 is 16.7 Å². The van der Waals surface area contributed by atoms with Crippen LogP contribution in [0.1, 0.15) is 6.92 Å². The van der Waals surface area contributed by atoms with Gasteiger partial charge in [-0.25, -0.2) is 0 Å². The van der Waals surface area contributed by atoms with Crippen LogP contribution < -0.4 is 5.32 Å². The lowest BCUT2D eigenvalue weighted by Crippen LogP contribution is -2.18. The first-order valence-corrected chi connectivity index (χ1v) is 4.49. The molecule has 82 valence electrons. The summed E-state index contributed by atoms with van der Waals surface area (Å²) in [5.74, 6) is -1.19. The van der Waals surface area contributed by atoms with Crippen molar-refractivity contribution in [3.05, 3.63) is 34.4 Å². The number of hydrogen-bond acceptors (Lipinski definition) is 4. The smallest absolute Gasteiger partial charge is 0.269 e. The molecule has 0 aliphatic carbocycles. The summed E-state index contributed by atoms with van der Waals surface area (Å²) in [4.78, 5) is 21.1. The maximum absolute atomic E-state index is 11.3. The van der Waals surface area contributed by atoms with E-state index in [1.807, 2.05) is 0 Å². The van der Waals surface area contributed by atoms with Gasteiger partial charge in [0.1, 0.15) is 5.92 Å². The molecule has 0 bridgehead atoms. The van der Waals surface area contributed by atoms with Crippen LogP contribution in [0.5, 0.6) is 0 Å². The minimum Gasteiger partial charge on any atom is -0.325 e. The van der Waals surface area contributed by atoms with Crippen LogP contribution >= 0.6 is 0 Å². The van der Waals surface area contributed by atoms with E-state index in [1.54, 1.807) is 6.07 Å². The maximum atomic E-state index is 11.3. The Balaban J connectivity index is 2.73. The minimum atomic E-state index is -0.754. The molecule has 1 atom stereocenters. The van der Waals surface area contributed by atoms with Gasteiger partial charge in [0.05, 0.1) is 11.0 Å². The average molecular weight is 219 g/mol. The summed E-state index contributed by atoms with van der Waals surface area (Å²) >= 11 is 0. The van der Waals surface area contributed by atoms with Crippen molar-refractivity contribution in [2.24, 2.45) is 5.92 Å². The highest BCUT2D eigenvalue weighted by molar-refractivity contribution is 5.93. The van der Waals surface area contributed by atoms with E-state index in [4.69, 9.17) is 5.26 Å². The van der Waals surface area contributed by atoms with Crippen LogP contribution in [0.3, 0.4) is 0 Å². The van der Waals surface area contributed by atoms with Gasteiger partial charge in [0.25, 0.3) is 5.69 Å². The fourth-order valence-electron chi connectivity index (χ4n) is 0.976. The topological polar surface area (TPSA) is 96.0 Å². The second kappa shape index (κ2) is 4.89. The lowest BCUT2D eigenvalue weighted by atomic mass is 10.2. The quantitative estimate of drug-likeness (QED) is 0.618. The van der Waals surface area contributed by atoms with E-state index in [0.29, 0.717) is 5.69 Å². The summed E-state index contributed by atoms with van der Waals surface area (Å²) < 4.78 is 0. The molecule has 1 unspecified atom stereocenters. The Morgan fingerprint density at radius 2 is 2.06 bits per heavy atom. The van der Waals surface area contributed by atoms with Crippen LogP contribution in [0.4, 0.5) is 11.4 Å². The third-order valence-corrected chi connectivity index (χ3v) is 1.93. The molecule has 16 heavy (non-hydrogen) atoms. The summed E-state index contributed by atoms with van der Waals surface area (Å²) in [6.07, 6.45) is 0. The molecule has 0 radical (unpaired) electrons. The molecule has 6 nitrogen and oxygen atoms in total. The van der Waals surface area contributed by atoms with E-state index >= 15 is 0 Å². The predicted octanol–water partition coefficient (Wildman–Crippen LogP) is 1.69. The molecule has 6 heteroatoms. The first-order chi connectivity index (χ1) is 7.54. The van der Waals surface area contributed by atoms with Crippen molar-refractivity contribution in [3.8, 4) is 6.07 Å². The van der Waals surface area contributed by atoms with Gasteiger partial charge in [-0.1, -0.05) is 0 Å². The highest BCUT2D eigenvalue weighted by Gasteiger charge is 2.12. The third-order valence-electron chi connectivity index (χ3n) is 1.93. The van der Waals surface area contributed by atoms with E-state index in [9.17, 15) is 14.9 Å². The predicted molar refractivity (Wildman–Crippen MR) is 56.5 cm³/mol. The Bertz CT molecular complexity index is 447. The first-order valence-electron chi connectivity index (χ1n) is 4.49. The van der Waals surface area contributed by atoms with Crippen molar-refractivity contribution in [1.29, 1.82) is 5.26 Å². The fraction of sp³-hybridized carbons (Fsp3) is 0.200. The molecule has 0 aromatic heterocycles. The summed E-state index contributed by atoms with van der Waals surface area (Å²) in [5.41, 5.74) is 0.379. The summed E-state index contributed by atoms with van der Waals surface area (Å²) in [6, 6.07) is 7.20. The Morgan fingerprint density at radius 1 is 1.50 bits per heavy atom. The number of carbonyl (C=O) groups excluding carboxylic acids is 1. The number of nitrogens with one attached hydrogen (secondary N) is 1. The number of nitro groups is 1. The van der Waals surface area contributed by atoms with Crippen LogP contribution in [-0.4, -0.2) is 10.8 Å². The van der Waals surface area contributed by atoms with Crippen molar-refractivity contribution in [3.63, 3.8) is 0 Å². The summed E-state index contributed by atoms with van der Waals surface area (Å²) in [5, 5.41) is 21.3. The molecule has 1 rings (SSSR count). The zero-order valence-corrected chi connectivity index (χ0v) is 8.51. The fourth-order valence-corrected chi connectivity index (χ4v) is 0.976. The van der Waals surface area contributed by atoms with Gasteiger partial charge >= 0.3 is 0 Å². The monoisotopic (exact) mass is 219 g/mol.